The van der Waals surface area contributed by atoms with Gasteiger partial charge in [-0.1, -0.05) is 27.2 Å². The number of carbonyl (C=O) groups is 1. The highest BCUT2D eigenvalue weighted by molar-refractivity contribution is 9.10. The maximum atomic E-state index is 12.8. The summed E-state index contributed by atoms with van der Waals surface area (Å²) in [5.74, 6) is 1.18. The van der Waals surface area contributed by atoms with Crippen LogP contribution in [0.25, 0.3) is 11.4 Å². The number of hydrogen-bond acceptors (Lipinski definition) is 5. The maximum absolute atomic E-state index is 12.8. The van der Waals surface area contributed by atoms with E-state index in [1.54, 1.807) is 0 Å². The molecule has 7 heteroatoms. The van der Waals surface area contributed by atoms with Crippen LogP contribution in [0.3, 0.4) is 0 Å². The molecule has 156 valence electrons. The zero-order valence-corrected chi connectivity index (χ0v) is 18.8. The molecule has 1 aromatic heterocycles. The molecule has 0 radical (unpaired) electrons. The lowest BCUT2D eigenvalue weighted by molar-refractivity contribution is -0.121. The summed E-state index contributed by atoms with van der Waals surface area (Å²) in [6, 6.07) is 13.8. The third-order valence-corrected chi connectivity index (χ3v) is 6.11. The van der Waals surface area contributed by atoms with Crippen molar-refractivity contribution in [1.82, 2.24) is 15.0 Å². The second-order valence-electron chi connectivity index (χ2n) is 7.88. The van der Waals surface area contributed by atoms with E-state index in [-0.39, 0.29) is 11.8 Å². The Hall–Kier alpha value is -2.51. The van der Waals surface area contributed by atoms with Crippen molar-refractivity contribution in [2.24, 2.45) is 5.92 Å². The van der Waals surface area contributed by atoms with Crippen molar-refractivity contribution in [1.29, 1.82) is 0 Å². The van der Waals surface area contributed by atoms with Gasteiger partial charge < -0.3 is 9.84 Å². The van der Waals surface area contributed by atoms with Crippen LogP contribution in [-0.4, -0.2) is 34.0 Å². The third-order valence-electron chi connectivity index (χ3n) is 5.58. The van der Waals surface area contributed by atoms with Crippen LogP contribution in [0.1, 0.15) is 29.9 Å². The number of carbonyl (C=O) groups excluding carboxylic acids is 1. The molecule has 1 aliphatic rings. The molecule has 1 aliphatic heterocycles. The Labute approximate surface area is 184 Å². The Balaban J connectivity index is 1.36. The van der Waals surface area contributed by atoms with Crippen LogP contribution in [0.5, 0.6) is 0 Å². The van der Waals surface area contributed by atoms with E-state index in [2.05, 4.69) is 50.1 Å². The van der Waals surface area contributed by atoms with Crippen molar-refractivity contribution >= 4 is 27.5 Å². The highest BCUT2D eigenvalue weighted by Gasteiger charge is 2.27. The minimum Gasteiger partial charge on any atom is -0.338 e. The molecule has 2 heterocycles. The van der Waals surface area contributed by atoms with Crippen LogP contribution in [-0.2, 0) is 11.3 Å². The zero-order valence-electron chi connectivity index (χ0n) is 17.2. The van der Waals surface area contributed by atoms with E-state index in [0.717, 1.165) is 35.1 Å². The molecule has 30 heavy (non-hydrogen) atoms. The third kappa shape index (κ3) is 4.96. The van der Waals surface area contributed by atoms with Crippen LogP contribution in [0.15, 0.2) is 51.5 Å². The van der Waals surface area contributed by atoms with Crippen LogP contribution < -0.4 is 5.32 Å². The number of rotatable bonds is 5. The average molecular weight is 469 g/mol. The van der Waals surface area contributed by atoms with E-state index in [4.69, 9.17) is 4.52 Å². The summed E-state index contributed by atoms with van der Waals surface area (Å²) in [6.45, 7) is 6.28. The van der Waals surface area contributed by atoms with Gasteiger partial charge in [0.25, 0.3) is 0 Å². The van der Waals surface area contributed by atoms with Crippen LogP contribution in [0.4, 0.5) is 5.69 Å². The minimum absolute atomic E-state index is 0.0470. The summed E-state index contributed by atoms with van der Waals surface area (Å²) >= 11 is 3.43. The topological polar surface area (TPSA) is 71.3 Å². The predicted molar refractivity (Wildman–Crippen MR) is 120 cm³/mol. The quantitative estimate of drug-likeness (QED) is 0.572. The van der Waals surface area contributed by atoms with Crippen molar-refractivity contribution in [2.75, 3.05) is 18.4 Å². The number of aryl methyl sites for hydroxylation is 2. The van der Waals surface area contributed by atoms with E-state index in [1.807, 2.05) is 42.5 Å². The normalized spacial score (nSPS) is 17.1. The van der Waals surface area contributed by atoms with Gasteiger partial charge in [-0.3, -0.25) is 9.69 Å². The SMILES string of the molecule is Cc1ccc(NC(=O)C2CCCN(Cc3nc(-c4ccc(Br)cc4)no3)C2)cc1C. The molecule has 1 fully saturated rings. The lowest BCUT2D eigenvalue weighted by atomic mass is 9.97. The van der Waals surface area contributed by atoms with Gasteiger partial charge in [-0.15, -0.1) is 0 Å². The van der Waals surface area contributed by atoms with Gasteiger partial charge in [0.05, 0.1) is 12.5 Å². The van der Waals surface area contributed by atoms with Crippen LogP contribution in [0.2, 0.25) is 0 Å². The average Bonchev–Trinajstić information content (AvgIpc) is 3.20. The Bertz CT molecular complexity index is 1030. The van der Waals surface area contributed by atoms with Gasteiger partial charge in [-0.2, -0.15) is 4.98 Å². The highest BCUT2D eigenvalue weighted by Crippen LogP contribution is 2.23. The first kappa shape index (κ1) is 20.8. The van der Waals surface area contributed by atoms with E-state index in [9.17, 15) is 4.79 Å². The molecule has 0 bridgehead atoms. The van der Waals surface area contributed by atoms with Crippen molar-refractivity contribution in [2.45, 2.75) is 33.2 Å². The Kier molecular flexibility index (Phi) is 6.29. The summed E-state index contributed by atoms with van der Waals surface area (Å²) in [6.07, 6.45) is 1.86. The molecule has 0 spiro atoms. The van der Waals surface area contributed by atoms with E-state index < -0.39 is 0 Å². The molecular formula is C23H25BrN4O2. The Morgan fingerprint density at radius 1 is 1.20 bits per heavy atom. The molecule has 1 N–H and O–H groups in total. The van der Waals surface area contributed by atoms with Gasteiger partial charge in [-0.05, 0) is 80.8 Å². The van der Waals surface area contributed by atoms with Crippen LogP contribution >= 0.6 is 15.9 Å². The zero-order chi connectivity index (χ0) is 21.1. The number of likely N-dealkylation sites (tertiary alicyclic amines) is 1. The fourth-order valence-electron chi connectivity index (χ4n) is 3.70. The predicted octanol–water partition coefficient (Wildman–Crippen LogP) is 4.97. The fourth-order valence-corrected chi connectivity index (χ4v) is 3.97. The number of aromatic nitrogens is 2. The lowest BCUT2D eigenvalue weighted by Gasteiger charge is -2.30. The number of nitrogens with one attached hydrogen (secondary N) is 1. The van der Waals surface area contributed by atoms with Gasteiger partial charge in [0.2, 0.25) is 17.6 Å². The van der Waals surface area contributed by atoms with Gasteiger partial charge in [-0.25, -0.2) is 0 Å². The maximum Gasteiger partial charge on any atom is 0.241 e. The molecule has 1 amide bonds. The van der Waals surface area contributed by atoms with Crippen LogP contribution in [0, 0.1) is 19.8 Å². The number of amides is 1. The fraction of sp³-hybridized carbons (Fsp3) is 0.348. The van der Waals surface area contributed by atoms with Crippen molar-refractivity contribution < 1.29 is 9.32 Å². The number of halogens is 1. The molecule has 4 rings (SSSR count). The molecule has 0 aliphatic carbocycles. The highest BCUT2D eigenvalue weighted by atomic mass is 79.9. The molecule has 1 atom stereocenters. The standard InChI is InChI=1S/C23H25BrN4O2/c1-15-5-10-20(12-16(15)2)25-23(29)18-4-3-11-28(13-18)14-21-26-22(27-30-21)17-6-8-19(24)9-7-17/h5-10,12,18H,3-4,11,13-14H2,1-2H3,(H,25,29). The smallest absolute Gasteiger partial charge is 0.241 e. The molecule has 3 aromatic rings. The minimum atomic E-state index is -0.0470. The van der Waals surface area contributed by atoms with Crippen molar-refractivity contribution in [3.8, 4) is 11.4 Å². The summed E-state index contributed by atoms with van der Waals surface area (Å²) in [5, 5.41) is 7.17. The number of hydrogen-bond donors (Lipinski definition) is 1. The van der Waals surface area contributed by atoms with Gasteiger partial charge in [0.15, 0.2) is 0 Å². The number of nitrogens with zero attached hydrogens (tertiary/aromatic N) is 3. The summed E-state index contributed by atoms with van der Waals surface area (Å²) < 4.78 is 6.46. The first-order chi connectivity index (χ1) is 14.5. The Morgan fingerprint density at radius 2 is 2.00 bits per heavy atom. The molecule has 0 saturated carbocycles. The molecular weight excluding hydrogens is 444 g/mol. The molecule has 1 unspecified atom stereocenters. The van der Waals surface area contributed by atoms with E-state index in [1.165, 1.54) is 11.1 Å². The van der Waals surface area contributed by atoms with Crippen molar-refractivity contribution in [3.05, 3.63) is 64.0 Å². The lowest BCUT2D eigenvalue weighted by Crippen LogP contribution is -2.40. The second-order valence-corrected chi connectivity index (χ2v) is 8.80. The number of piperidine rings is 1. The van der Waals surface area contributed by atoms with Gasteiger partial charge in [0, 0.05) is 22.3 Å². The molecule has 1 saturated heterocycles. The first-order valence-electron chi connectivity index (χ1n) is 10.2. The Morgan fingerprint density at radius 3 is 2.77 bits per heavy atom. The second kappa shape index (κ2) is 9.10. The molecule has 6 nitrogen and oxygen atoms in total. The number of benzene rings is 2. The van der Waals surface area contributed by atoms with Gasteiger partial charge >= 0.3 is 0 Å². The summed E-state index contributed by atoms with van der Waals surface area (Å²) in [5.41, 5.74) is 4.17. The van der Waals surface area contributed by atoms with E-state index in [0.29, 0.717) is 24.8 Å². The summed E-state index contributed by atoms with van der Waals surface area (Å²) in [7, 11) is 0. The van der Waals surface area contributed by atoms with E-state index >= 15 is 0 Å². The monoisotopic (exact) mass is 468 g/mol. The van der Waals surface area contributed by atoms with Crippen molar-refractivity contribution in [3.63, 3.8) is 0 Å². The molecule has 2 aromatic carbocycles. The first-order valence-corrected chi connectivity index (χ1v) is 11.0. The van der Waals surface area contributed by atoms with Gasteiger partial charge in [0.1, 0.15) is 0 Å². The number of anilines is 1. The summed E-state index contributed by atoms with van der Waals surface area (Å²) in [4.78, 5) is 19.5. The largest absolute Gasteiger partial charge is 0.338 e.